The smallest absolute Gasteiger partial charge is 0.459 e. The van der Waals surface area contributed by atoms with E-state index in [1.807, 2.05) is 17.1 Å². The molecule has 4 rings (SSSR count). The molecule has 6 atom stereocenters. The number of nitrogens with one attached hydrogen (secondary N) is 2. The first kappa shape index (κ1) is 30.6. The van der Waals surface area contributed by atoms with E-state index in [0.29, 0.717) is 4.57 Å². The molecule has 1 fully saturated rings. The molecule has 1 aromatic heterocycles. The van der Waals surface area contributed by atoms with E-state index in [1.54, 1.807) is 38.1 Å². The van der Waals surface area contributed by atoms with Gasteiger partial charge in [0.2, 0.25) is 0 Å². The number of ether oxygens (including phenoxy) is 2. The van der Waals surface area contributed by atoms with Gasteiger partial charge < -0.3 is 24.2 Å². The number of alkyl halides is 1. The normalized spacial score (nSPS) is 26.5. The zero-order chi connectivity index (χ0) is 30.2. The van der Waals surface area contributed by atoms with Crippen molar-refractivity contribution in [2.45, 2.75) is 63.6 Å². The maximum absolute atomic E-state index is 16.1. The van der Waals surface area contributed by atoms with Gasteiger partial charge in [-0.3, -0.25) is 23.7 Å². The third-order valence-electron chi connectivity index (χ3n) is 6.31. The molecule has 222 valence electrons. The van der Waals surface area contributed by atoms with E-state index in [4.69, 9.17) is 18.5 Å². The van der Waals surface area contributed by atoms with Crippen molar-refractivity contribution in [3.63, 3.8) is 0 Å². The lowest BCUT2D eigenvalue weighted by Crippen LogP contribution is -2.50. The van der Waals surface area contributed by atoms with Crippen LogP contribution < -0.4 is 20.9 Å². The Balaban J connectivity index is 1.62. The van der Waals surface area contributed by atoms with Gasteiger partial charge in [-0.25, -0.2) is 13.8 Å². The third kappa shape index (κ3) is 6.58. The minimum atomic E-state index is -4.62. The molecule has 3 aromatic rings. The zero-order valence-electron chi connectivity index (χ0n) is 22.6. The molecule has 1 unspecified atom stereocenters. The SMILES string of the molecule is CC(C)OC(=O)[C@H](C)NP(=O)(OC[C@@]1(F)O[C@@H](n2ccc(=O)[nH]c2=O)[C@](C)(O)[C@@H]1O)Oc1ccc2ccccc2c1. The van der Waals surface area contributed by atoms with E-state index in [0.717, 1.165) is 30.0 Å². The first-order valence-corrected chi connectivity index (χ1v) is 14.2. The molecular weight excluding hydrogens is 564 g/mol. The molecule has 0 spiro atoms. The molecule has 1 saturated heterocycles. The highest BCUT2D eigenvalue weighted by atomic mass is 31.2. The number of H-pyrrole nitrogens is 1. The minimum absolute atomic E-state index is 0.0504. The molecule has 1 aliphatic rings. The van der Waals surface area contributed by atoms with Crippen molar-refractivity contribution in [3.8, 4) is 5.75 Å². The Morgan fingerprint density at radius 3 is 2.54 bits per heavy atom. The van der Waals surface area contributed by atoms with Crippen LogP contribution in [0.4, 0.5) is 4.39 Å². The van der Waals surface area contributed by atoms with Crippen molar-refractivity contribution < 1.29 is 42.5 Å². The average Bonchev–Trinajstić information content (AvgIpc) is 3.07. The number of nitrogens with zero attached hydrogens (tertiary/aromatic N) is 1. The van der Waals surface area contributed by atoms with Crippen LogP contribution in [0.3, 0.4) is 0 Å². The van der Waals surface area contributed by atoms with Crippen molar-refractivity contribution in [1.82, 2.24) is 14.6 Å². The molecule has 0 radical (unpaired) electrons. The van der Waals surface area contributed by atoms with E-state index in [1.165, 1.54) is 13.0 Å². The summed E-state index contributed by atoms with van der Waals surface area (Å²) in [5.41, 5.74) is -4.20. The second-order valence-electron chi connectivity index (χ2n) is 10.1. The van der Waals surface area contributed by atoms with Gasteiger partial charge in [0.1, 0.15) is 30.1 Å². The van der Waals surface area contributed by atoms with Gasteiger partial charge in [0.05, 0.1) is 6.10 Å². The predicted octanol–water partition coefficient (Wildman–Crippen LogP) is 2.13. The van der Waals surface area contributed by atoms with Crippen LogP contribution in [0, 0.1) is 0 Å². The van der Waals surface area contributed by atoms with Crippen LogP contribution in [0.5, 0.6) is 5.75 Å². The summed E-state index contributed by atoms with van der Waals surface area (Å²) in [4.78, 5) is 38.1. The quantitative estimate of drug-likeness (QED) is 0.199. The second kappa shape index (κ2) is 11.5. The number of aromatic amines is 1. The summed E-state index contributed by atoms with van der Waals surface area (Å²) in [6, 6.07) is 11.7. The number of aliphatic hydroxyl groups is 2. The van der Waals surface area contributed by atoms with Crippen LogP contribution in [-0.4, -0.2) is 62.0 Å². The summed E-state index contributed by atoms with van der Waals surface area (Å²) in [6.45, 7) is 4.30. The molecule has 0 bridgehead atoms. The largest absolute Gasteiger partial charge is 0.462 e. The highest BCUT2D eigenvalue weighted by Gasteiger charge is 2.63. The van der Waals surface area contributed by atoms with Crippen molar-refractivity contribution >= 4 is 24.5 Å². The van der Waals surface area contributed by atoms with Crippen LogP contribution in [0.1, 0.15) is 33.9 Å². The topological polar surface area (TPSA) is 178 Å². The maximum atomic E-state index is 16.1. The Morgan fingerprint density at radius 2 is 1.88 bits per heavy atom. The number of benzene rings is 2. The molecule has 0 aliphatic carbocycles. The fourth-order valence-corrected chi connectivity index (χ4v) is 5.75. The Bertz CT molecular complexity index is 1590. The molecule has 1 aliphatic heterocycles. The standard InChI is InChI=1S/C26H31FN3O10P/c1-15(2)38-21(32)16(3)29-41(36,40-19-10-9-17-7-5-6-8-18(17)13-19)37-14-26(27)22(33)25(4,35)23(39-26)30-12-11-20(31)28-24(30)34/h5-13,15-16,22-23,33,35H,14H2,1-4H3,(H,29,36)(H,28,31,34)/t16-,22-,23+,25+,26+,41?/m0/s1. The molecule has 0 saturated carbocycles. The molecule has 2 heterocycles. The van der Waals surface area contributed by atoms with E-state index >= 15 is 4.39 Å². The van der Waals surface area contributed by atoms with Gasteiger partial charge in [0.25, 0.3) is 11.4 Å². The van der Waals surface area contributed by atoms with Crippen LogP contribution in [0.25, 0.3) is 10.8 Å². The lowest BCUT2D eigenvalue weighted by Gasteiger charge is -2.29. The monoisotopic (exact) mass is 595 g/mol. The van der Waals surface area contributed by atoms with Crippen LogP contribution in [0.15, 0.2) is 64.3 Å². The van der Waals surface area contributed by atoms with Gasteiger partial charge >= 0.3 is 19.4 Å². The zero-order valence-corrected chi connectivity index (χ0v) is 23.5. The van der Waals surface area contributed by atoms with Gasteiger partial charge in [0, 0.05) is 12.3 Å². The second-order valence-corrected chi connectivity index (χ2v) is 11.8. The molecule has 15 heteroatoms. The summed E-state index contributed by atoms with van der Waals surface area (Å²) < 4.78 is 52.0. The summed E-state index contributed by atoms with van der Waals surface area (Å²) in [5.74, 6) is -3.97. The maximum Gasteiger partial charge on any atom is 0.459 e. The van der Waals surface area contributed by atoms with Crippen molar-refractivity contribution in [2.75, 3.05) is 6.61 Å². The van der Waals surface area contributed by atoms with Gasteiger partial charge in [-0.15, -0.1) is 0 Å². The van der Waals surface area contributed by atoms with Crippen LogP contribution in [0.2, 0.25) is 0 Å². The fourth-order valence-electron chi connectivity index (χ4n) is 4.25. The molecule has 2 aromatic carbocycles. The number of hydrogen-bond donors (Lipinski definition) is 4. The van der Waals surface area contributed by atoms with Gasteiger partial charge in [-0.2, -0.15) is 5.09 Å². The lowest BCUT2D eigenvalue weighted by molar-refractivity contribution is -0.204. The fraction of sp³-hybridized carbons (Fsp3) is 0.423. The van der Waals surface area contributed by atoms with Gasteiger partial charge in [-0.05, 0) is 50.6 Å². The van der Waals surface area contributed by atoms with Crippen molar-refractivity contribution in [1.29, 1.82) is 0 Å². The van der Waals surface area contributed by atoms with Crippen molar-refractivity contribution in [3.05, 3.63) is 75.6 Å². The Labute approximate surface area is 233 Å². The summed E-state index contributed by atoms with van der Waals surface area (Å²) >= 11 is 0. The number of fused-ring (bicyclic) bond motifs is 1. The third-order valence-corrected chi connectivity index (χ3v) is 7.93. The number of aromatic nitrogens is 2. The van der Waals surface area contributed by atoms with E-state index < -0.39 is 67.5 Å². The number of halogens is 1. The number of aliphatic hydroxyl groups excluding tert-OH is 1. The molecular formula is C26H31FN3O10P. The summed E-state index contributed by atoms with van der Waals surface area (Å²) in [5, 5.41) is 25.5. The first-order chi connectivity index (χ1) is 19.1. The predicted molar refractivity (Wildman–Crippen MR) is 144 cm³/mol. The Morgan fingerprint density at radius 1 is 1.20 bits per heavy atom. The Kier molecular flexibility index (Phi) is 8.55. The first-order valence-electron chi connectivity index (χ1n) is 12.6. The highest BCUT2D eigenvalue weighted by Crippen LogP contribution is 2.50. The number of rotatable bonds is 10. The minimum Gasteiger partial charge on any atom is -0.462 e. The van der Waals surface area contributed by atoms with Crippen LogP contribution in [-0.2, 0) is 23.4 Å². The number of hydrogen-bond acceptors (Lipinski definition) is 10. The highest BCUT2D eigenvalue weighted by molar-refractivity contribution is 7.52. The average molecular weight is 596 g/mol. The molecule has 4 N–H and O–H groups in total. The summed E-state index contributed by atoms with van der Waals surface area (Å²) in [6.07, 6.45) is -3.67. The number of carbonyl (C=O) groups excluding carboxylic acids is 1. The lowest BCUT2D eigenvalue weighted by atomic mass is 9.95. The Hall–Kier alpha value is -3.39. The van der Waals surface area contributed by atoms with E-state index in [-0.39, 0.29) is 5.75 Å². The van der Waals surface area contributed by atoms with Crippen molar-refractivity contribution in [2.24, 2.45) is 0 Å². The molecule has 13 nitrogen and oxygen atoms in total. The van der Waals surface area contributed by atoms with E-state index in [9.17, 15) is 29.2 Å². The molecule has 41 heavy (non-hydrogen) atoms. The number of carbonyl (C=O) groups is 1. The van der Waals surface area contributed by atoms with Gasteiger partial charge in [-0.1, -0.05) is 30.3 Å². The van der Waals surface area contributed by atoms with Gasteiger partial charge in [0.15, 0.2) is 6.23 Å². The van der Waals surface area contributed by atoms with E-state index in [2.05, 4.69) is 5.09 Å². The summed E-state index contributed by atoms with van der Waals surface area (Å²) in [7, 11) is -4.62. The number of esters is 1. The van der Waals surface area contributed by atoms with Crippen LogP contribution >= 0.6 is 7.75 Å². The molecule has 0 amide bonds.